The van der Waals surface area contributed by atoms with Gasteiger partial charge in [0, 0.05) is 24.9 Å². The normalized spacial score (nSPS) is 11.4. The van der Waals surface area contributed by atoms with E-state index in [-0.39, 0.29) is 5.97 Å². The van der Waals surface area contributed by atoms with Crippen LogP contribution >= 0.6 is 0 Å². The zero-order valence-electron chi connectivity index (χ0n) is 15.2. The fraction of sp³-hybridized carbons (Fsp3) is 0.174. The third kappa shape index (κ3) is 4.12. The molecule has 0 saturated heterocycles. The molecule has 0 saturated carbocycles. The van der Waals surface area contributed by atoms with Crippen molar-refractivity contribution in [2.75, 3.05) is 25.6 Å². The molecule has 3 aromatic rings. The smallest absolute Gasteiger partial charge is 0.333 e. The van der Waals surface area contributed by atoms with Crippen molar-refractivity contribution in [3.05, 3.63) is 83.9 Å². The Morgan fingerprint density at radius 2 is 1.65 bits per heavy atom. The molecule has 3 heteroatoms. The molecule has 26 heavy (non-hydrogen) atoms. The molecule has 0 amide bonds. The summed E-state index contributed by atoms with van der Waals surface area (Å²) in [4.78, 5) is 14.4. The van der Waals surface area contributed by atoms with Crippen LogP contribution in [0.4, 0.5) is 5.69 Å². The van der Waals surface area contributed by atoms with Crippen molar-refractivity contribution in [3.8, 4) is 0 Å². The average molecular weight is 345 g/mol. The number of carbonyl (C=O) groups excluding carboxylic acids is 1. The first-order valence-corrected chi connectivity index (χ1v) is 8.72. The van der Waals surface area contributed by atoms with Gasteiger partial charge in [-0.15, -0.1) is 0 Å². The van der Waals surface area contributed by atoms with Crippen LogP contribution in [-0.2, 0) is 9.53 Å². The van der Waals surface area contributed by atoms with E-state index < -0.39 is 0 Å². The number of methoxy groups -OCH3 is 1. The van der Waals surface area contributed by atoms with Crippen LogP contribution in [0, 0.1) is 0 Å². The molecule has 0 radical (unpaired) electrons. The van der Waals surface area contributed by atoms with Gasteiger partial charge in [-0.3, -0.25) is 0 Å². The molecule has 0 fully saturated rings. The van der Waals surface area contributed by atoms with Crippen molar-refractivity contribution in [2.24, 2.45) is 0 Å². The number of hydrogen-bond acceptors (Lipinski definition) is 3. The predicted molar refractivity (Wildman–Crippen MR) is 108 cm³/mol. The highest BCUT2D eigenvalue weighted by Crippen LogP contribution is 2.22. The van der Waals surface area contributed by atoms with Gasteiger partial charge in [-0.25, -0.2) is 4.79 Å². The zero-order chi connectivity index (χ0) is 18.4. The molecule has 0 aliphatic heterocycles. The van der Waals surface area contributed by atoms with Crippen LogP contribution in [0.1, 0.15) is 12.0 Å². The Bertz CT molecular complexity index is 910. The van der Waals surface area contributed by atoms with E-state index >= 15 is 0 Å². The minimum Gasteiger partial charge on any atom is -0.466 e. The summed E-state index contributed by atoms with van der Waals surface area (Å²) in [5, 5.41) is 2.29. The molecule has 0 aliphatic carbocycles. The summed E-state index contributed by atoms with van der Waals surface area (Å²) in [5.41, 5.74) is 2.83. The largest absolute Gasteiger partial charge is 0.466 e. The molecule has 0 aromatic heterocycles. The number of hydrogen-bond donors (Lipinski definition) is 0. The quantitative estimate of drug-likeness (QED) is 0.469. The molecular weight excluding hydrogens is 322 g/mol. The summed E-state index contributed by atoms with van der Waals surface area (Å²) < 4.78 is 5.01. The van der Waals surface area contributed by atoms with Crippen LogP contribution < -0.4 is 4.90 Å². The Balaban J connectivity index is 1.86. The standard InChI is InChI=1S/C23H23NO2/c1-24(21-12-4-3-5-13-21)16-15-20(23(25)26-2)17-19-11-8-10-18-9-6-7-14-22(18)19/h3-14,17H,15-16H2,1-2H3. The van der Waals surface area contributed by atoms with Gasteiger partial charge in [-0.2, -0.15) is 0 Å². The Morgan fingerprint density at radius 3 is 2.42 bits per heavy atom. The second-order valence-corrected chi connectivity index (χ2v) is 6.24. The lowest BCUT2D eigenvalue weighted by atomic mass is 10.0. The predicted octanol–water partition coefficient (Wildman–Crippen LogP) is 4.92. The Morgan fingerprint density at radius 1 is 0.962 bits per heavy atom. The summed E-state index contributed by atoms with van der Waals surface area (Å²) in [6, 6.07) is 24.5. The number of carbonyl (C=O) groups is 1. The summed E-state index contributed by atoms with van der Waals surface area (Å²) in [7, 11) is 3.46. The second-order valence-electron chi connectivity index (χ2n) is 6.24. The van der Waals surface area contributed by atoms with Crippen molar-refractivity contribution in [3.63, 3.8) is 0 Å². The summed E-state index contributed by atoms with van der Waals surface area (Å²) in [6.45, 7) is 0.732. The second kappa shape index (κ2) is 8.34. The van der Waals surface area contributed by atoms with Gasteiger partial charge in [0.2, 0.25) is 0 Å². The maximum atomic E-state index is 12.3. The lowest BCUT2D eigenvalue weighted by Gasteiger charge is -2.19. The highest BCUT2D eigenvalue weighted by Gasteiger charge is 2.12. The SMILES string of the molecule is COC(=O)C(=Cc1cccc2ccccc12)CCN(C)c1ccccc1. The number of nitrogens with zero attached hydrogens (tertiary/aromatic N) is 1. The highest BCUT2D eigenvalue weighted by molar-refractivity contribution is 5.98. The molecule has 0 unspecified atom stereocenters. The number of rotatable bonds is 6. The van der Waals surface area contributed by atoms with E-state index in [1.54, 1.807) is 0 Å². The number of fused-ring (bicyclic) bond motifs is 1. The fourth-order valence-electron chi connectivity index (χ4n) is 3.03. The van der Waals surface area contributed by atoms with Crippen LogP contribution in [0.2, 0.25) is 0 Å². The van der Waals surface area contributed by atoms with E-state index in [0.717, 1.165) is 28.6 Å². The third-order valence-electron chi connectivity index (χ3n) is 4.51. The summed E-state index contributed by atoms with van der Waals surface area (Å²) >= 11 is 0. The number of para-hydroxylation sites is 1. The van der Waals surface area contributed by atoms with Crippen molar-refractivity contribution in [1.29, 1.82) is 0 Å². The van der Waals surface area contributed by atoms with Gasteiger partial charge in [0.15, 0.2) is 0 Å². The van der Waals surface area contributed by atoms with E-state index in [9.17, 15) is 4.79 Å². The van der Waals surface area contributed by atoms with Gasteiger partial charge >= 0.3 is 5.97 Å². The number of esters is 1. The van der Waals surface area contributed by atoms with Crippen molar-refractivity contribution >= 4 is 28.5 Å². The van der Waals surface area contributed by atoms with Gasteiger partial charge in [0.1, 0.15) is 0 Å². The van der Waals surface area contributed by atoms with Crippen LogP contribution in [0.15, 0.2) is 78.4 Å². The first kappa shape index (κ1) is 17.7. The molecule has 0 atom stereocenters. The van der Waals surface area contributed by atoms with Gasteiger partial charge < -0.3 is 9.64 Å². The highest BCUT2D eigenvalue weighted by atomic mass is 16.5. The molecule has 3 rings (SSSR count). The van der Waals surface area contributed by atoms with E-state index in [0.29, 0.717) is 12.0 Å². The van der Waals surface area contributed by atoms with Crippen LogP contribution in [0.25, 0.3) is 16.8 Å². The number of benzene rings is 3. The van der Waals surface area contributed by atoms with Crippen molar-refractivity contribution in [2.45, 2.75) is 6.42 Å². The van der Waals surface area contributed by atoms with Gasteiger partial charge in [0.05, 0.1) is 7.11 Å². The topological polar surface area (TPSA) is 29.5 Å². The molecule has 0 heterocycles. The van der Waals surface area contributed by atoms with Gasteiger partial charge in [0.25, 0.3) is 0 Å². The summed E-state index contributed by atoms with van der Waals surface area (Å²) in [5.74, 6) is -0.278. The minimum absolute atomic E-state index is 0.278. The molecule has 3 nitrogen and oxygen atoms in total. The van der Waals surface area contributed by atoms with E-state index in [1.807, 2.05) is 55.6 Å². The van der Waals surface area contributed by atoms with Crippen molar-refractivity contribution in [1.82, 2.24) is 0 Å². The number of ether oxygens (including phenoxy) is 1. The lowest BCUT2D eigenvalue weighted by molar-refractivity contribution is -0.136. The number of anilines is 1. The molecule has 0 bridgehead atoms. The van der Waals surface area contributed by atoms with E-state index in [1.165, 1.54) is 7.11 Å². The zero-order valence-corrected chi connectivity index (χ0v) is 15.2. The first-order valence-electron chi connectivity index (χ1n) is 8.72. The fourth-order valence-corrected chi connectivity index (χ4v) is 3.03. The molecule has 0 spiro atoms. The maximum absolute atomic E-state index is 12.3. The molecule has 0 aliphatic rings. The Kier molecular flexibility index (Phi) is 5.69. The molecular formula is C23H23NO2. The Hall–Kier alpha value is -3.07. The van der Waals surface area contributed by atoms with Crippen LogP contribution in [0.3, 0.4) is 0 Å². The van der Waals surface area contributed by atoms with Crippen molar-refractivity contribution < 1.29 is 9.53 Å². The molecule has 132 valence electrons. The molecule has 0 N–H and O–H groups in total. The summed E-state index contributed by atoms with van der Waals surface area (Å²) in [6.07, 6.45) is 2.56. The van der Waals surface area contributed by atoms with Crippen LogP contribution in [0.5, 0.6) is 0 Å². The van der Waals surface area contributed by atoms with E-state index in [2.05, 4.69) is 35.2 Å². The minimum atomic E-state index is -0.278. The van der Waals surface area contributed by atoms with Gasteiger partial charge in [-0.1, -0.05) is 60.7 Å². The average Bonchev–Trinajstić information content (AvgIpc) is 2.71. The first-order chi connectivity index (χ1) is 12.7. The monoisotopic (exact) mass is 345 g/mol. The lowest BCUT2D eigenvalue weighted by Crippen LogP contribution is -2.20. The van der Waals surface area contributed by atoms with E-state index in [4.69, 9.17) is 4.74 Å². The molecule has 3 aromatic carbocycles. The van der Waals surface area contributed by atoms with Crippen LogP contribution in [-0.4, -0.2) is 26.7 Å². The third-order valence-corrected chi connectivity index (χ3v) is 4.51. The maximum Gasteiger partial charge on any atom is 0.333 e. The Labute approximate surface area is 154 Å². The van der Waals surface area contributed by atoms with Gasteiger partial charge in [-0.05, 0) is 41.0 Å².